The Hall–Kier alpha value is -3.13. The molecule has 3 N–H and O–H groups in total. The smallest absolute Gasteiger partial charge is 0.269 e. The molecule has 0 heterocycles. The molecule has 0 aromatic heterocycles. The van der Waals surface area contributed by atoms with Crippen molar-refractivity contribution in [2.24, 2.45) is 0 Å². The van der Waals surface area contributed by atoms with Crippen LogP contribution < -0.4 is 16.2 Å². The van der Waals surface area contributed by atoms with Crippen molar-refractivity contribution >= 4 is 34.8 Å². The molecule has 0 radical (unpaired) electrons. The number of rotatable bonds is 5. The van der Waals surface area contributed by atoms with Crippen LogP contribution in [0.2, 0.25) is 5.02 Å². The summed E-state index contributed by atoms with van der Waals surface area (Å²) in [5, 5.41) is 14.0. The quantitative estimate of drug-likeness (QED) is 0.565. The lowest BCUT2D eigenvalue weighted by atomic mass is 10.2. The number of benzene rings is 2. The summed E-state index contributed by atoms with van der Waals surface area (Å²) >= 11 is 5.75. The van der Waals surface area contributed by atoms with Crippen LogP contribution in [0.3, 0.4) is 0 Å². The number of non-ortho nitro benzene ring substituents is 1. The van der Waals surface area contributed by atoms with Gasteiger partial charge in [-0.15, -0.1) is 0 Å². The van der Waals surface area contributed by atoms with Crippen molar-refractivity contribution in [3.63, 3.8) is 0 Å². The molecule has 0 saturated carbocycles. The lowest BCUT2D eigenvalue weighted by Crippen LogP contribution is -2.44. The molecule has 2 aromatic rings. The van der Waals surface area contributed by atoms with E-state index in [-0.39, 0.29) is 17.8 Å². The SMILES string of the molecule is O=C(CNc1ccc(Cl)cc1)NNC(=O)c1ccc([N+](=O)[O-])cc1. The fraction of sp³-hybridized carbons (Fsp3) is 0.0667. The van der Waals surface area contributed by atoms with E-state index in [0.717, 1.165) is 0 Å². The minimum Gasteiger partial charge on any atom is -0.376 e. The molecule has 0 spiro atoms. The van der Waals surface area contributed by atoms with Crippen LogP contribution in [0, 0.1) is 10.1 Å². The van der Waals surface area contributed by atoms with Crippen molar-refractivity contribution in [3.8, 4) is 0 Å². The first-order valence-electron chi connectivity index (χ1n) is 6.79. The van der Waals surface area contributed by atoms with Gasteiger partial charge >= 0.3 is 0 Å². The first kappa shape index (κ1) is 17.2. The Morgan fingerprint density at radius 2 is 1.62 bits per heavy atom. The Kier molecular flexibility index (Phi) is 5.69. The maximum atomic E-state index is 11.8. The molecular formula is C15H13ClN4O4. The number of anilines is 1. The van der Waals surface area contributed by atoms with Crippen LogP contribution in [0.5, 0.6) is 0 Å². The minimum atomic E-state index is -0.579. The Morgan fingerprint density at radius 1 is 1.00 bits per heavy atom. The van der Waals surface area contributed by atoms with E-state index in [0.29, 0.717) is 10.7 Å². The van der Waals surface area contributed by atoms with Crippen molar-refractivity contribution in [2.75, 3.05) is 11.9 Å². The highest BCUT2D eigenvalue weighted by Crippen LogP contribution is 2.13. The van der Waals surface area contributed by atoms with E-state index < -0.39 is 16.7 Å². The number of carbonyl (C=O) groups excluding carboxylic acids is 2. The van der Waals surface area contributed by atoms with Crippen LogP contribution in [0.4, 0.5) is 11.4 Å². The summed E-state index contributed by atoms with van der Waals surface area (Å²) < 4.78 is 0. The van der Waals surface area contributed by atoms with E-state index in [1.165, 1.54) is 24.3 Å². The van der Waals surface area contributed by atoms with Gasteiger partial charge in [-0.3, -0.25) is 30.6 Å². The molecule has 0 saturated heterocycles. The zero-order valence-corrected chi connectivity index (χ0v) is 13.0. The summed E-state index contributed by atoms with van der Waals surface area (Å²) in [5.74, 6) is -1.04. The third-order valence-electron chi connectivity index (χ3n) is 2.95. The fourth-order valence-electron chi connectivity index (χ4n) is 1.73. The molecule has 2 rings (SSSR count). The van der Waals surface area contributed by atoms with Gasteiger partial charge in [-0.1, -0.05) is 11.6 Å². The molecule has 124 valence electrons. The molecule has 0 atom stereocenters. The lowest BCUT2D eigenvalue weighted by molar-refractivity contribution is -0.384. The van der Waals surface area contributed by atoms with Crippen LogP contribution in [0.15, 0.2) is 48.5 Å². The number of carbonyl (C=O) groups is 2. The van der Waals surface area contributed by atoms with Crippen LogP contribution in [-0.4, -0.2) is 23.3 Å². The van der Waals surface area contributed by atoms with Gasteiger partial charge in [0.15, 0.2) is 0 Å². The van der Waals surface area contributed by atoms with E-state index in [1.807, 2.05) is 0 Å². The van der Waals surface area contributed by atoms with E-state index in [2.05, 4.69) is 16.2 Å². The second-order valence-electron chi connectivity index (χ2n) is 4.67. The minimum absolute atomic E-state index is 0.0534. The Labute approximate surface area is 141 Å². The molecule has 0 aliphatic rings. The molecule has 0 bridgehead atoms. The molecule has 8 nitrogen and oxygen atoms in total. The van der Waals surface area contributed by atoms with Crippen LogP contribution in [-0.2, 0) is 4.79 Å². The number of nitrogens with one attached hydrogen (secondary N) is 3. The van der Waals surface area contributed by atoms with Crippen LogP contribution >= 0.6 is 11.6 Å². The highest BCUT2D eigenvalue weighted by Gasteiger charge is 2.10. The van der Waals surface area contributed by atoms with Gasteiger partial charge in [-0.2, -0.15) is 0 Å². The van der Waals surface area contributed by atoms with Gasteiger partial charge in [-0.05, 0) is 36.4 Å². The molecule has 24 heavy (non-hydrogen) atoms. The zero-order chi connectivity index (χ0) is 17.5. The number of hydrogen-bond acceptors (Lipinski definition) is 5. The third kappa shape index (κ3) is 4.96. The summed E-state index contributed by atoms with van der Waals surface area (Å²) in [5.41, 5.74) is 5.23. The standard InChI is InChI=1S/C15H13ClN4O4/c16-11-3-5-12(6-4-11)17-9-14(21)18-19-15(22)10-1-7-13(8-2-10)20(23)24/h1-8,17H,9H2,(H,18,21)(H,19,22). The van der Waals surface area contributed by atoms with Gasteiger partial charge in [0.2, 0.25) is 0 Å². The molecule has 0 unspecified atom stereocenters. The van der Waals surface area contributed by atoms with Crippen LogP contribution in [0.25, 0.3) is 0 Å². The van der Waals surface area contributed by atoms with Crippen molar-refractivity contribution < 1.29 is 14.5 Å². The third-order valence-corrected chi connectivity index (χ3v) is 3.21. The Bertz CT molecular complexity index is 747. The maximum Gasteiger partial charge on any atom is 0.269 e. The number of hydrazine groups is 1. The fourth-order valence-corrected chi connectivity index (χ4v) is 1.85. The van der Waals surface area contributed by atoms with Crippen molar-refractivity contribution in [3.05, 3.63) is 69.2 Å². The summed E-state index contributed by atoms with van der Waals surface area (Å²) in [6.45, 7) is -0.0534. The monoisotopic (exact) mass is 348 g/mol. The van der Waals surface area contributed by atoms with Gasteiger partial charge in [0, 0.05) is 28.4 Å². The molecule has 9 heteroatoms. The molecule has 0 fully saturated rings. The second-order valence-corrected chi connectivity index (χ2v) is 5.10. The highest BCUT2D eigenvalue weighted by atomic mass is 35.5. The average Bonchev–Trinajstić information content (AvgIpc) is 2.59. The highest BCUT2D eigenvalue weighted by molar-refractivity contribution is 6.30. The summed E-state index contributed by atoms with van der Waals surface area (Å²) in [6.07, 6.45) is 0. The molecule has 2 amide bonds. The molecule has 2 aromatic carbocycles. The number of hydrogen-bond donors (Lipinski definition) is 3. The van der Waals surface area contributed by atoms with Gasteiger partial charge in [-0.25, -0.2) is 0 Å². The first-order chi connectivity index (χ1) is 11.5. The van der Waals surface area contributed by atoms with E-state index >= 15 is 0 Å². The number of nitrogens with zero attached hydrogens (tertiary/aromatic N) is 1. The molecular weight excluding hydrogens is 336 g/mol. The Morgan fingerprint density at radius 3 is 2.21 bits per heavy atom. The number of halogens is 1. The predicted molar refractivity (Wildman–Crippen MR) is 88.6 cm³/mol. The van der Waals surface area contributed by atoms with Crippen molar-refractivity contribution in [1.82, 2.24) is 10.9 Å². The lowest BCUT2D eigenvalue weighted by Gasteiger charge is -2.09. The predicted octanol–water partition coefficient (Wildman–Crippen LogP) is 2.12. The van der Waals surface area contributed by atoms with Gasteiger partial charge in [0.05, 0.1) is 11.5 Å². The largest absolute Gasteiger partial charge is 0.376 e. The van der Waals surface area contributed by atoms with Gasteiger partial charge in [0.25, 0.3) is 17.5 Å². The van der Waals surface area contributed by atoms with Gasteiger partial charge in [0.1, 0.15) is 0 Å². The van der Waals surface area contributed by atoms with Crippen molar-refractivity contribution in [2.45, 2.75) is 0 Å². The second kappa shape index (κ2) is 7.93. The number of amides is 2. The average molecular weight is 349 g/mol. The summed E-state index contributed by atoms with van der Waals surface area (Å²) in [7, 11) is 0. The Balaban J connectivity index is 1.79. The van der Waals surface area contributed by atoms with E-state index in [4.69, 9.17) is 11.6 Å². The zero-order valence-electron chi connectivity index (χ0n) is 12.3. The molecule has 0 aliphatic carbocycles. The number of nitro groups is 1. The first-order valence-corrected chi connectivity index (χ1v) is 7.16. The van der Waals surface area contributed by atoms with E-state index in [9.17, 15) is 19.7 Å². The topological polar surface area (TPSA) is 113 Å². The normalized spacial score (nSPS) is 9.88. The summed E-state index contributed by atoms with van der Waals surface area (Å²) in [4.78, 5) is 33.4. The van der Waals surface area contributed by atoms with E-state index in [1.54, 1.807) is 24.3 Å². The maximum absolute atomic E-state index is 11.8. The molecule has 0 aliphatic heterocycles. The van der Waals surface area contributed by atoms with Crippen LogP contribution in [0.1, 0.15) is 10.4 Å². The summed E-state index contributed by atoms with van der Waals surface area (Å²) in [6, 6.07) is 11.8. The number of nitro benzene ring substituents is 1. The van der Waals surface area contributed by atoms with Crippen molar-refractivity contribution in [1.29, 1.82) is 0 Å². The van der Waals surface area contributed by atoms with Gasteiger partial charge < -0.3 is 5.32 Å².